The average molecular weight is 392 g/mol. The highest BCUT2D eigenvalue weighted by Gasteiger charge is 2.57. The molecule has 1 spiro atoms. The van der Waals surface area contributed by atoms with Crippen LogP contribution in [-0.2, 0) is 16.0 Å². The summed E-state index contributed by atoms with van der Waals surface area (Å²) in [7, 11) is 0. The molecule has 4 rings (SSSR count). The number of hydrogen-bond acceptors (Lipinski definition) is 3. The van der Waals surface area contributed by atoms with Crippen LogP contribution >= 0.6 is 12.4 Å². The van der Waals surface area contributed by atoms with Crippen LogP contribution in [0.15, 0.2) is 30.3 Å². The Morgan fingerprint density at radius 1 is 1.15 bits per heavy atom. The zero-order valence-corrected chi connectivity index (χ0v) is 16.6. The van der Waals surface area contributed by atoms with Gasteiger partial charge in [0.25, 0.3) is 0 Å². The molecule has 3 fully saturated rings. The van der Waals surface area contributed by atoms with Crippen LogP contribution in [0.1, 0.15) is 37.7 Å². The molecular weight excluding hydrogens is 362 g/mol. The molecule has 1 aromatic rings. The Bertz CT molecular complexity index is 655. The highest BCUT2D eigenvalue weighted by atomic mass is 35.5. The first kappa shape index (κ1) is 20.2. The van der Waals surface area contributed by atoms with Crippen LogP contribution in [0.3, 0.4) is 0 Å². The van der Waals surface area contributed by atoms with Crippen molar-refractivity contribution in [2.45, 2.75) is 44.6 Å². The van der Waals surface area contributed by atoms with Crippen molar-refractivity contribution < 1.29 is 9.59 Å². The maximum absolute atomic E-state index is 13.0. The number of hydrogen-bond donors (Lipinski definition) is 2. The summed E-state index contributed by atoms with van der Waals surface area (Å²) in [6.07, 6.45) is 5.84. The summed E-state index contributed by atoms with van der Waals surface area (Å²) in [6.45, 7) is 3.64. The fourth-order valence-electron chi connectivity index (χ4n) is 4.68. The first-order valence-electron chi connectivity index (χ1n) is 10.0. The van der Waals surface area contributed by atoms with Gasteiger partial charge in [-0.1, -0.05) is 30.3 Å². The molecule has 1 aromatic carbocycles. The van der Waals surface area contributed by atoms with E-state index in [2.05, 4.69) is 10.6 Å². The Labute approximate surface area is 167 Å². The molecule has 0 bridgehead atoms. The lowest BCUT2D eigenvalue weighted by atomic mass is 9.91. The van der Waals surface area contributed by atoms with Gasteiger partial charge in [-0.05, 0) is 56.2 Å². The zero-order valence-electron chi connectivity index (χ0n) is 15.8. The smallest absolute Gasteiger partial charge is 0.245 e. The van der Waals surface area contributed by atoms with Crippen molar-refractivity contribution in [1.82, 2.24) is 15.5 Å². The molecule has 27 heavy (non-hydrogen) atoms. The number of halogens is 1. The zero-order chi connectivity index (χ0) is 18.0. The van der Waals surface area contributed by atoms with Crippen LogP contribution in [0.2, 0.25) is 0 Å². The van der Waals surface area contributed by atoms with E-state index in [0.29, 0.717) is 6.42 Å². The second-order valence-electron chi connectivity index (χ2n) is 8.15. The number of benzene rings is 1. The number of rotatable bonds is 5. The molecule has 0 radical (unpaired) electrons. The molecule has 2 saturated heterocycles. The fraction of sp³-hybridized carbons (Fsp3) is 0.619. The van der Waals surface area contributed by atoms with Crippen LogP contribution < -0.4 is 10.6 Å². The number of nitrogens with zero attached hydrogens (tertiary/aromatic N) is 1. The summed E-state index contributed by atoms with van der Waals surface area (Å²) in [6, 6.07) is 9.56. The van der Waals surface area contributed by atoms with Crippen LogP contribution in [0.5, 0.6) is 0 Å². The van der Waals surface area contributed by atoms with E-state index in [0.717, 1.165) is 63.8 Å². The third kappa shape index (κ3) is 4.46. The topological polar surface area (TPSA) is 61.4 Å². The molecule has 5 nitrogen and oxygen atoms in total. The molecule has 6 heteroatoms. The summed E-state index contributed by atoms with van der Waals surface area (Å²) in [5.41, 5.74) is 1.29. The minimum absolute atomic E-state index is 0. The lowest BCUT2D eigenvalue weighted by Gasteiger charge is -2.26. The van der Waals surface area contributed by atoms with Crippen LogP contribution in [-0.4, -0.2) is 48.9 Å². The summed E-state index contributed by atoms with van der Waals surface area (Å²) in [4.78, 5) is 27.8. The Kier molecular flexibility index (Phi) is 6.43. The monoisotopic (exact) mass is 391 g/mol. The second kappa shape index (κ2) is 8.61. The lowest BCUT2D eigenvalue weighted by molar-refractivity contribution is -0.136. The van der Waals surface area contributed by atoms with Gasteiger partial charge in [0.2, 0.25) is 11.8 Å². The minimum atomic E-state index is -0.442. The molecular formula is C21H30ClN3O2. The number of piperidine rings is 1. The first-order valence-corrected chi connectivity index (χ1v) is 10.0. The molecule has 0 aromatic heterocycles. The predicted molar refractivity (Wildman–Crippen MR) is 108 cm³/mol. The van der Waals surface area contributed by atoms with Crippen molar-refractivity contribution in [1.29, 1.82) is 0 Å². The molecule has 148 valence electrons. The average Bonchev–Trinajstić information content (AvgIpc) is 3.09. The summed E-state index contributed by atoms with van der Waals surface area (Å²) in [5, 5.41) is 6.50. The van der Waals surface area contributed by atoms with Gasteiger partial charge in [-0.25, -0.2) is 0 Å². The normalized spacial score (nSPS) is 24.1. The van der Waals surface area contributed by atoms with E-state index in [-0.39, 0.29) is 35.6 Å². The van der Waals surface area contributed by atoms with Gasteiger partial charge in [0.1, 0.15) is 6.04 Å². The number of amides is 2. The fourth-order valence-corrected chi connectivity index (χ4v) is 4.68. The van der Waals surface area contributed by atoms with E-state index in [1.165, 1.54) is 0 Å². The molecule has 2 atom stereocenters. The lowest BCUT2D eigenvalue weighted by Crippen LogP contribution is -2.50. The SMILES string of the molecule is Cl.O=C(NC(Cc1ccccc1)C(=O)N1CCCC1)C1CC12CCNCC2. The predicted octanol–water partition coefficient (Wildman–Crippen LogP) is 2.15. The van der Waals surface area contributed by atoms with E-state index in [9.17, 15) is 9.59 Å². The van der Waals surface area contributed by atoms with Gasteiger partial charge >= 0.3 is 0 Å². The molecule has 2 aliphatic heterocycles. The van der Waals surface area contributed by atoms with Crippen molar-refractivity contribution in [2.75, 3.05) is 26.2 Å². The van der Waals surface area contributed by atoms with Crippen molar-refractivity contribution in [3.63, 3.8) is 0 Å². The van der Waals surface area contributed by atoms with Crippen molar-refractivity contribution in [2.24, 2.45) is 11.3 Å². The van der Waals surface area contributed by atoms with Crippen LogP contribution in [0.4, 0.5) is 0 Å². The molecule has 2 N–H and O–H groups in total. The van der Waals surface area contributed by atoms with Gasteiger partial charge < -0.3 is 15.5 Å². The quantitative estimate of drug-likeness (QED) is 0.808. The summed E-state index contributed by atoms with van der Waals surface area (Å²) >= 11 is 0. The van der Waals surface area contributed by atoms with Gasteiger partial charge in [-0.2, -0.15) is 0 Å². The van der Waals surface area contributed by atoms with Gasteiger partial charge in [0.15, 0.2) is 0 Å². The van der Waals surface area contributed by atoms with Gasteiger partial charge in [-0.3, -0.25) is 9.59 Å². The number of nitrogens with one attached hydrogen (secondary N) is 2. The standard InChI is InChI=1S/C21H29N3O2.ClH/c25-19(17-15-21(17)8-10-22-11-9-21)23-18(14-16-6-2-1-3-7-16)20(26)24-12-4-5-13-24;/h1-3,6-7,17-18,22H,4-5,8-15H2,(H,23,25);1H. The maximum Gasteiger partial charge on any atom is 0.245 e. The maximum atomic E-state index is 13.0. The molecule has 2 heterocycles. The third-order valence-electron chi connectivity index (χ3n) is 6.42. The van der Waals surface area contributed by atoms with E-state index in [1.54, 1.807) is 0 Å². The Morgan fingerprint density at radius 3 is 2.48 bits per heavy atom. The number of carbonyl (C=O) groups excluding carboxylic acids is 2. The Hall–Kier alpha value is -1.59. The first-order chi connectivity index (χ1) is 12.7. The summed E-state index contributed by atoms with van der Waals surface area (Å²) in [5.74, 6) is 0.259. The van der Waals surface area contributed by atoms with Crippen molar-refractivity contribution in [3.05, 3.63) is 35.9 Å². The van der Waals surface area contributed by atoms with E-state index < -0.39 is 6.04 Å². The van der Waals surface area contributed by atoms with E-state index >= 15 is 0 Å². The minimum Gasteiger partial charge on any atom is -0.344 e. The number of carbonyl (C=O) groups is 2. The number of likely N-dealkylation sites (tertiary alicyclic amines) is 1. The second-order valence-corrected chi connectivity index (χ2v) is 8.15. The van der Waals surface area contributed by atoms with Crippen LogP contribution in [0, 0.1) is 11.3 Å². The highest BCUT2D eigenvalue weighted by molar-refractivity contribution is 5.90. The van der Waals surface area contributed by atoms with Crippen LogP contribution in [0.25, 0.3) is 0 Å². The summed E-state index contributed by atoms with van der Waals surface area (Å²) < 4.78 is 0. The van der Waals surface area contributed by atoms with E-state index in [1.807, 2.05) is 35.2 Å². The molecule has 2 amide bonds. The van der Waals surface area contributed by atoms with Crippen molar-refractivity contribution >= 4 is 24.2 Å². The van der Waals surface area contributed by atoms with E-state index in [4.69, 9.17) is 0 Å². The largest absolute Gasteiger partial charge is 0.344 e. The Balaban J connectivity index is 0.00000210. The van der Waals surface area contributed by atoms with Gasteiger partial charge in [0, 0.05) is 25.4 Å². The highest BCUT2D eigenvalue weighted by Crippen LogP contribution is 2.58. The van der Waals surface area contributed by atoms with Gasteiger partial charge in [0.05, 0.1) is 0 Å². The Morgan fingerprint density at radius 2 is 1.81 bits per heavy atom. The van der Waals surface area contributed by atoms with Gasteiger partial charge in [-0.15, -0.1) is 12.4 Å². The van der Waals surface area contributed by atoms with Crippen molar-refractivity contribution in [3.8, 4) is 0 Å². The molecule has 2 unspecified atom stereocenters. The third-order valence-corrected chi connectivity index (χ3v) is 6.42. The molecule has 3 aliphatic rings. The molecule has 1 saturated carbocycles. The molecule has 1 aliphatic carbocycles.